The molecular weight excluding hydrogens is 484 g/mol. The van der Waals surface area contributed by atoms with Crippen molar-refractivity contribution in [2.45, 2.75) is 71.2 Å². The zero-order chi connectivity index (χ0) is 26.2. The van der Waals surface area contributed by atoms with Gasteiger partial charge in [0.1, 0.15) is 18.4 Å². The molecule has 4 rings (SSSR count). The van der Waals surface area contributed by atoms with Gasteiger partial charge < -0.3 is 14.8 Å². The molecule has 0 radical (unpaired) electrons. The maximum atomic E-state index is 13.3. The van der Waals surface area contributed by atoms with Crippen LogP contribution in [0.4, 0.5) is 5.95 Å². The number of thioether (sulfide) groups is 1. The normalized spacial score (nSPS) is 14.8. The summed E-state index contributed by atoms with van der Waals surface area (Å²) in [5.41, 5.74) is 4.48. The standard InChI is InChI=1S/C29H36N4O3S/c1-5-7-16-35-27(34)25-21(4)30-28-31-29(37-17-8-6-2)32-33(28)26(25)22-14-11-15-24(18-22)36-19-23-13-10-9-12-20(23)3/h9-15,18,26H,5-8,16-17,19H2,1-4H3,(H,30,31,32). The number of fused-ring (bicyclic) bond motifs is 1. The Morgan fingerprint density at radius 2 is 1.89 bits per heavy atom. The highest BCUT2D eigenvalue weighted by Crippen LogP contribution is 2.38. The van der Waals surface area contributed by atoms with E-state index in [1.54, 1.807) is 16.4 Å². The Bertz CT molecular complexity index is 1250. The number of rotatable bonds is 12. The molecule has 0 spiro atoms. The van der Waals surface area contributed by atoms with Gasteiger partial charge in [0.15, 0.2) is 0 Å². The van der Waals surface area contributed by atoms with E-state index in [0.717, 1.165) is 54.0 Å². The van der Waals surface area contributed by atoms with Gasteiger partial charge in [-0.25, -0.2) is 9.48 Å². The number of nitrogens with zero attached hydrogens (tertiary/aromatic N) is 3. The molecule has 2 aromatic carbocycles. The first kappa shape index (κ1) is 26.8. The fourth-order valence-corrected chi connectivity index (χ4v) is 5.08. The maximum Gasteiger partial charge on any atom is 0.338 e. The Balaban J connectivity index is 1.66. The third-order valence-electron chi connectivity index (χ3n) is 6.34. The SMILES string of the molecule is CCCCOC(=O)C1=C(C)Nc2nc(SCCCC)nn2C1c1cccc(OCc2ccccc2C)c1. The summed E-state index contributed by atoms with van der Waals surface area (Å²) in [5, 5.41) is 8.78. The largest absolute Gasteiger partial charge is 0.489 e. The zero-order valence-corrected chi connectivity index (χ0v) is 22.9. The number of hydrogen-bond donors (Lipinski definition) is 1. The van der Waals surface area contributed by atoms with Gasteiger partial charge in [0.25, 0.3) is 0 Å². The summed E-state index contributed by atoms with van der Waals surface area (Å²) in [6.45, 7) is 9.07. The molecule has 1 unspecified atom stereocenters. The molecule has 0 aliphatic carbocycles. The number of nitrogens with one attached hydrogen (secondary N) is 1. The first-order valence-electron chi connectivity index (χ1n) is 13.0. The number of esters is 1. The summed E-state index contributed by atoms with van der Waals surface area (Å²) in [5.74, 6) is 1.97. The molecule has 0 amide bonds. The molecule has 2 heterocycles. The highest BCUT2D eigenvalue weighted by Gasteiger charge is 2.35. The molecule has 0 fully saturated rings. The lowest BCUT2D eigenvalue weighted by Crippen LogP contribution is -2.29. The average molecular weight is 521 g/mol. The molecular formula is C29H36N4O3S. The summed E-state index contributed by atoms with van der Waals surface area (Å²) in [7, 11) is 0. The van der Waals surface area contributed by atoms with Gasteiger partial charge in [0.2, 0.25) is 11.1 Å². The van der Waals surface area contributed by atoms with Gasteiger partial charge in [-0.2, -0.15) is 4.98 Å². The van der Waals surface area contributed by atoms with Crippen LogP contribution in [-0.2, 0) is 16.1 Å². The quantitative estimate of drug-likeness (QED) is 0.162. The van der Waals surface area contributed by atoms with E-state index in [1.807, 2.05) is 43.3 Å². The van der Waals surface area contributed by atoms with E-state index in [-0.39, 0.29) is 5.97 Å². The zero-order valence-electron chi connectivity index (χ0n) is 22.1. The Hall–Kier alpha value is -3.26. The molecule has 3 aromatic rings. The van der Waals surface area contributed by atoms with E-state index in [4.69, 9.17) is 19.6 Å². The van der Waals surface area contributed by atoms with Crippen molar-refractivity contribution in [3.05, 3.63) is 76.5 Å². The van der Waals surface area contributed by atoms with E-state index < -0.39 is 6.04 Å². The minimum atomic E-state index is -0.472. The third kappa shape index (κ3) is 6.55. The van der Waals surface area contributed by atoms with Crippen LogP contribution in [-0.4, -0.2) is 33.1 Å². The number of anilines is 1. The number of unbranched alkanes of at least 4 members (excludes halogenated alkanes) is 2. The summed E-state index contributed by atoms with van der Waals surface area (Å²) in [6.07, 6.45) is 3.99. The summed E-state index contributed by atoms with van der Waals surface area (Å²) < 4.78 is 13.6. The van der Waals surface area contributed by atoms with Crippen LogP contribution < -0.4 is 10.1 Å². The number of ether oxygens (including phenoxy) is 2. The number of carbonyl (C=O) groups excluding carboxylic acids is 1. The van der Waals surface area contributed by atoms with Crippen LogP contribution in [0.1, 0.15) is 69.2 Å². The van der Waals surface area contributed by atoms with Crippen LogP contribution in [0.5, 0.6) is 5.75 Å². The van der Waals surface area contributed by atoms with Crippen LogP contribution >= 0.6 is 11.8 Å². The molecule has 37 heavy (non-hydrogen) atoms. The van der Waals surface area contributed by atoms with Gasteiger partial charge in [-0.1, -0.05) is 74.8 Å². The molecule has 1 atom stereocenters. The number of benzene rings is 2. The Morgan fingerprint density at radius 3 is 2.68 bits per heavy atom. The molecule has 8 heteroatoms. The Labute approximate surface area is 223 Å². The molecule has 1 N–H and O–H groups in total. The van der Waals surface area contributed by atoms with Crippen molar-refractivity contribution >= 4 is 23.7 Å². The summed E-state index contributed by atoms with van der Waals surface area (Å²) >= 11 is 1.63. The molecule has 196 valence electrons. The smallest absolute Gasteiger partial charge is 0.338 e. The average Bonchev–Trinajstić information content (AvgIpc) is 3.30. The highest BCUT2D eigenvalue weighted by molar-refractivity contribution is 7.99. The van der Waals surface area contributed by atoms with E-state index in [9.17, 15) is 4.79 Å². The van der Waals surface area contributed by atoms with Gasteiger partial charge in [0.05, 0.1) is 12.2 Å². The molecule has 1 aliphatic heterocycles. The van der Waals surface area contributed by atoms with Gasteiger partial charge in [-0.3, -0.25) is 0 Å². The van der Waals surface area contributed by atoms with Crippen molar-refractivity contribution in [1.82, 2.24) is 14.8 Å². The topological polar surface area (TPSA) is 78.3 Å². The number of aromatic nitrogens is 3. The second kappa shape index (κ2) is 12.8. The number of hydrogen-bond acceptors (Lipinski definition) is 7. The van der Waals surface area contributed by atoms with Crippen LogP contribution in [0.15, 0.2) is 65.0 Å². The highest BCUT2D eigenvalue weighted by atomic mass is 32.2. The lowest BCUT2D eigenvalue weighted by molar-refractivity contribution is -0.139. The number of aryl methyl sites for hydroxylation is 1. The monoisotopic (exact) mass is 520 g/mol. The first-order valence-corrected chi connectivity index (χ1v) is 14.0. The van der Waals surface area contributed by atoms with Crippen molar-refractivity contribution in [3.63, 3.8) is 0 Å². The minimum absolute atomic E-state index is 0.337. The molecule has 1 aromatic heterocycles. The lowest BCUT2D eigenvalue weighted by Gasteiger charge is -2.28. The van der Waals surface area contributed by atoms with Crippen LogP contribution in [0, 0.1) is 6.92 Å². The lowest BCUT2D eigenvalue weighted by atomic mass is 9.95. The second-order valence-corrected chi connectivity index (χ2v) is 10.3. The van der Waals surface area contributed by atoms with Crippen molar-refractivity contribution in [1.29, 1.82) is 0 Å². The first-order chi connectivity index (χ1) is 18.0. The Kier molecular flexibility index (Phi) is 9.28. The van der Waals surface area contributed by atoms with E-state index in [1.165, 1.54) is 5.56 Å². The van der Waals surface area contributed by atoms with E-state index >= 15 is 0 Å². The van der Waals surface area contributed by atoms with Crippen molar-refractivity contribution in [3.8, 4) is 5.75 Å². The summed E-state index contributed by atoms with van der Waals surface area (Å²) in [4.78, 5) is 18.0. The molecule has 7 nitrogen and oxygen atoms in total. The van der Waals surface area contributed by atoms with Crippen molar-refractivity contribution in [2.75, 3.05) is 17.7 Å². The molecule has 0 bridgehead atoms. The maximum absolute atomic E-state index is 13.3. The van der Waals surface area contributed by atoms with Crippen LogP contribution in [0.3, 0.4) is 0 Å². The molecule has 0 saturated heterocycles. The van der Waals surface area contributed by atoms with Gasteiger partial charge in [-0.05, 0) is 55.5 Å². The number of allylic oxidation sites excluding steroid dienone is 1. The van der Waals surface area contributed by atoms with Crippen molar-refractivity contribution in [2.24, 2.45) is 0 Å². The predicted molar refractivity (Wildman–Crippen MR) is 148 cm³/mol. The fraction of sp³-hybridized carbons (Fsp3) is 0.414. The molecule has 1 aliphatic rings. The van der Waals surface area contributed by atoms with Crippen LogP contribution in [0.2, 0.25) is 0 Å². The van der Waals surface area contributed by atoms with E-state index in [2.05, 4.69) is 38.2 Å². The number of carbonyl (C=O) groups is 1. The summed E-state index contributed by atoms with van der Waals surface area (Å²) in [6, 6.07) is 15.6. The van der Waals surface area contributed by atoms with E-state index in [0.29, 0.717) is 29.9 Å². The van der Waals surface area contributed by atoms with Crippen molar-refractivity contribution < 1.29 is 14.3 Å². The van der Waals surface area contributed by atoms with Crippen LogP contribution in [0.25, 0.3) is 0 Å². The fourth-order valence-electron chi connectivity index (χ4n) is 4.17. The van der Waals surface area contributed by atoms with Gasteiger partial charge in [0, 0.05) is 11.4 Å². The third-order valence-corrected chi connectivity index (χ3v) is 7.27. The predicted octanol–water partition coefficient (Wildman–Crippen LogP) is 6.69. The Morgan fingerprint density at radius 1 is 1.08 bits per heavy atom. The molecule has 0 saturated carbocycles. The van der Waals surface area contributed by atoms with Gasteiger partial charge >= 0.3 is 5.97 Å². The second-order valence-electron chi connectivity index (χ2n) is 9.21. The minimum Gasteiger partial charge on any atom is -0.489 e. The van der Waals surface area contributed by atoms with Gasteiger partial charge in [-0.15, -0.1) is 5.10 Å².